The van der Waals surface area contributed by atoms with Gasteiger partial charge in [-0.25, -0.2) is 9.37 Å². The van der Waals surface area contributed by atoms with Gasteiger partial charge in [0.2, 0.25) is 5.91 Å². The molecule has 0 aliphatic rings. The van der Waals surface area contributed by atoms with Crippen LogP contribution in [0.1, 0.15) is 5.56 Å². The summed E-state index contributed by atoms with van der Waals surface area (Å²) in [6.45, 7) is 0. The number of rotatable bonds is 3. The second-order valence-electron chi connectivity index (χ2n) is 3.69. The van der Waals surface area contributed by atoms with Crippen molar-refractivity contribution in [3.05, 3.63) is 59.1 Å². The molecule has 18 heavy (non-hydrogen) atoms. The van der Waals surface area contributed by atoms with Crippen LogP contribution in [0.3, 0.4) is 0 Å². The Bertz CT molecular complexity index is 557. The summed E-state index contributed by atoms with van der Waals surface area (Å²) < 4.78 is 12.7. The molecule has 1 N–H and O–H groups in total. The number of hydrogen-bond acceptors (Lipinski definition) is 2. The Morgan fingerprint density at radius 3 is 2.67 bits per heavy atom. The molecular weight excluding hydrogens is 255 g/mol. The topological polar surface area (TPSA) is 42.0 Å². The van der Waals surface area contributed by atoms with E-state index in [9.17, 15) is 9.18 Å². The fourth-order valence-corrected chi connectivity index (χ4v) is 1.63. The Morgan fingerprint density at radius 1 is 1.28 bits per heavy atom. The molecule has 1 aromatic heterocycles. The van der Waals surface area contributed by atoms with Crippen molar-refractivity contribution in [2.75, 3.05) is 5.32 Å². The molecule has 1 aromatic carbocycles. The van der Waals surface area contributed by atoms with E-state index >= 15 is 0 Å². The van der Waals surface area contributed by atoms with E-state index in [1.165, 1.54) is 18.3 Å². The number of pyridine rings is 1. The molecule has 0 radical (unpaired) electrons. The number of amides is 1. The minimum absolute atomic E-state index is 0.158. The number of carbonyl (C=O) groups is 1. The predicted molar refractivity (Wildman–Crippen MR) is 68.0 cm³/mol. The first-order chi connectivity index (χ1) is 8.65. The number of benzene rings is 1. The average Bonchev–Trinajstić information content (AvgIpc) is 2.35. The number of halogens is 2. The lowest BCUT2D eigenvalue weighted by Gasteiger charge is -2.06. The van der Waals surface area contributed by atoms with Crippen LogP contribution in [0.15, 0.2) is 42.6 Å². The molecule has 0 aliphatic carbocycles. The largest absolute Gasteiger partial charge is 0.323 e. The van der Waals surface area contributed by atoms with Crippen molar-refractivity contribution in [2.24, 2.45) is 0 Å². The molecule has 2 aromatic rings. The molecule has 0 spiro atoms. The number of hydrogen-bond donors (Lipinski definition) is 1. The van der Waals surface area contributed by atoms with Gasteiger partial charge < -0.3 is 5.32 Å². The Morgan fingerprint density at radius 2 is 2.00 bits per heavy atom. The van der Waals surface area contributed by atoms with Gasteiger partial charge in [0.25, 0.3) is 0 Å². The molecule has 0 saturated carbocycles. The summed E-state index contributed by atoms with van der Waals surface area (Å²) in [6.07, 6.45) is 1.70. The summed E-state index contributed by atoms with van der Waals surface area (Å²) in [4.78, 5) is 15.6. The van der Waals surface area contributed by atoms with Crippen molar-refractivity contribution in [1.29, 1.82) is 0 Å². The zero-order valence-corrected chi connectivity index (χ0v) is 10.1. The highest BCUT2D eigenvalue weighted by Crippen LogP contribution is 2.17. The smallest absolute Gasteiger partial charge is 0.228 e. The number of nitrogens with zero attached hydrogens (tertiary/aromatic N) is 1. The Hall–Kier alpha value is -1.94. The zero-order valence-electron chi connectivity index (χ0n) is 9.36. The molecule has 0 bridgehead atoms. The van der Waals surface area contributed by atoms with Crippen molar-refractivity contribution in [2.45, 2.75) is 6.42 Å². The van der Waals surface area contributed by atoms with Crippen molar-refractivity contribution in [1.82, 2.24) is 4.98 Å². The van der Waals surface area contributed by atoms with Gasteiger partial charge in [-0.2, -0.15) is 0 Å². The fourth-order valence-electron chi connectivity index (χ4n) is 1.46. The minimum Gasteiger partial charge on any atom is -0.323 e. The highest BCUT2D eigenvalue weighted by molar-refractivity contribution is 6.32. The maximum atomic E-state index is 12.7. The van der Waals surface area contributed by atoms with E-state index in [0.29, 0.717) is 5.69 Å². The lowest BCUT2D eigenvalue weighted by atomic mass is 10.1. The summed E-state index contributed by atoms with van der Waals surface area (Å²) in [5.41, 5.74) is 1.19. The molecule has 0 fully saturated rings. The first-order valence-corrected chi connectivity index (χ1v) is 5.68. The zero-order chi connectivity index (χ0) is 13.0. The third kappa shape index (κ3) is 3.28. The average molecular weight is 265 g/mol. The van der Waals surface area contributed by atoms with E-state index in [-0.39, 0.29) is 23.3 Å². The number of anilines is 1. The normalized spacial score (nSPS) is 10.1. The van der Waals surface area contributed by atoms with E-state index in [1.807, 2.05) is 0 Å². The molecule has 2 rings (SSSR count). The third-order valence-electron chi connectivity index (χ3n) is 2.31. The van der Waals surface area contributed by atoms with Crippen molar-refractivity contribution < 1.29 is 9.18 Å². The fraction of sp³-hybridized carbons (Fsp3) is 0.0769. The van der Waals surface area contributed by atoms with Gasteiger partial charge in [0, 0.05) is 6.20 Å². The number of nitrogens with one attached hydrogen (secondary N) is 1. The molecule has 0 saturated heterocycles. The quantitative estimate of drug-likeness (QED) is 0.866. The van der Waals surface area contributed by atoms with E-state index in [0.717, 1.165) is 5.56 Å². The van der Waals surface area contributed by atoms with Crippen LogP contribution in [-0.4, -0.2) is 10.9 Å². The van der Waals surface area contributed by atoms with Crippen LogP contribution >= 0.6 is 11.6 Å². The van der Waals surface area contributed by atoms with Crippen LogP contribution in [0.2, 0.25) is 5.15 Å². The van der Waals surface area contributed by atoms with Crippen LogP contribution in [0.5, 0.6) is 0 Å². The Labute approximate surface area is 109 Å². The standard InChI is InChI=1S/C13H10ClFN2O/c14-13-11(2-1-7-16-13)17-12(18)8-9-3-5-10(15)6-4-9/h1-7H,8H2,(H,17,18). The summed E-state index contributed by atoms with van der Waals surface area (Å²) in [7, 11) is 0. The van der Waals surface area contributed by atoms with E-state index < -0.39 is 0 Å². The second kappa shape index (κ2) is 5.60. The molecule has 0 aliphatic heterocycles. The van der Waals surface area contributed by atoms with Crippen LogP contribution in [0, 0.1) is 5.82 Å². The molecule has 3 nitrogen and oxygen atoms in total. The van der Waals surface area contributed by atoms with E-state index in [1.54, 1.807) is 24.3 Å². The van der Waals surface area contributed by atoms with Crippen LogP contribution in [0.4, 0.5) is 10.1 Å². The summed E-state index contributed by atoms with van der Waals surface area (Å²) >= 11 is 5.82. The monoisotopic (exact) mass is 264 g/mol. The first kappa shape index (κ1) is 12.5. The highest BCUT2D eigenvalue weighted by Gasteiger charge is 2.07. The summed E-state index contributed by atoms with van der Waals surface area (Å²) in [5, 5.41) is 2.89. The van der Waals surface area contributed by atoms with Gasteiger partial charge in [-0.1, -0.05) is 23.7 Å². The maximum absolute atomic E-state index is 12.7. The lowest BCUT2D eigenvalue weighted by molar-refractivity contribution is -0.115. The Kier molecular flexibility index (Phi) is 3.89. The van der Waals surface area contributed by atoms with Gasteiger partial charge >= 0.3 is 0 Å². The molecule has 5 heteroatoms. The number of aromatic nitrogens is 1. The van der Waals surface area contributed by atoms with Gasteiger partial charge in [-0.3, -0.25) is 4.79 Å². The molecule has 1 amide bonds. The van der Waals surface area contributed by atoms with Gasteiger partial charge in [-0.05, 0) is 29.8 Å². The van der Waals surface area contributed by atoms with Gasteiger partial charge in [0.15, 0.2) is 5.15 Å². The minimum atomic E-state index is -0.325. The van der Waals surface area contributed by atoms with Crippen LogP contribution in [0.25, 0.3) is 0 Å². The molecule has 1 heterocycles. The lowest BCUT2D eigenvalue weighted by Crippen LogP contribution is -2.14. The van der Waals surface area contributed by atoms with E-state index in [2.05, 4.69) is 10.3 Å². The van der Waals surface area contributed by atoms with Gasteiger partial charge in [0.1, 0.15) is 5.82 Å². The molecule has 0 atom stereocenters. The SMILES string of the molecule is O=C(Cc1ccc(F)cc1)Nc1cccnc1Cl. The van der Waals surface area contributed by atoms with Gasteiger partial charge in [0.05, 0.1) is 12.1 Å². The second-order valence-corrected chi connectivity index (χ2v) is 4.05. The first-order valence-electron chi connectivity index (χ1n) is 5.30. The maximum Gasteiger partial charge on any atom is 0.228 e. The highest BCUT2D eigenvalue weighted by atomic mass is 35.5. The van der Waals surface area contributed by atoms with Crippen LogP contribution < -0.4 is 5.32 Å². The van der Waals surface area contributed by atoms with Crippen molar-refractivity contribution >= 4 is 23.2 Å². The van der Waals surface area contributed by atoms with Crippen molar-refractivity contribution in [3.63, 3.8) is 0 Å². The third-order valence-corrected chi connectivity index (χ3v) is 2.61. The molecule has 92 valence electrons. The van der Waals surface area contributed by atoms with Crippen molar-refractivity contribution in [3.8, 4) is 0 Å². The Balaban J connectivity index is 2.01. The number of carbonyl (C=O) groups excluding carboxylic acids is 1. The predicted octanol–water partition coefficient (Wildman–Crippen LogP) is 3.06. The van der Waals surface area contributed by atoms with E-state index in [4.69, 9.17) is 11.6 Å². The molecule has 0 unspecified atom stereocenters. The van der Waals surface area contributed by atoms with Crippen LogP contribution in [-0.2, 0) is 11.2 Å². The summed E-state index contributed by atoms with van der Waals surface area (Å²) in [6, 6.07) is 9.12. The van der Waals surface area contributed by atoms with Gasteiger partial charge in [-0.15, -0.1) is 0 Å². The summed E-state index contributed by atoms with van der Waals surface area (Å²) in [5.74, 6) is -0.550. The molecular formula is C13H10ClFN2O.